The van der Waals surface area contributed by atoms with Crippen molar-refractivity contribution < 1.29 is 4.21 Å². The van der Waals surface area contributed by atoms with Crippen molar-refractivity contribution in [3.8, 4) is 0 Å². The molecule has 106 valence electrons. The molecule has 1 N–H and O–H groups in total. The monoisotopic (exact) mass is 299 g/mol. The average Bonchev–Trinajstić information content (AvgIpc) is 2.28. The lowest BCUT2D eigenvalue weighted by Gasteiger charge is -2.33. The Bertz CT molecular complexity index is 464. The highest BCUT2D eigenvalue weighted by Gasteiger charge is 2.31. The lowest BCUT2D eigenvalue weighted by molar-refractivity contribution is 0.446. The maximum Gasteiger partial charge on any atom is 0.0978 e. The molecule has 0 heterocycles. The Labute approximate surface area is 123 Å². The molecule has 2 unspecified atom stereocenters. The van der Waals surface area contributed by atoms with Crippen molar-refractivity contribution in [3.05, 3.63) is 47.5 Å². The Morgan fingerprint density at radius 2 is 1.79 bits per heavy atom. The van der Waals surface area contributed by atoms with E-state index in [4.69, 9.17) is 11.6 Å². The molecule has 1 aromatic rings. The highest BCUT2D eigenvalue weighted by molar-refractivity contribution is 7.84. The lowest BCUT2D eigenvalue weighted by atomic mass is 9.90. The third kappa shape index (κ3) is 4.44. The van der Waals surface area contributed by atoms with Crippen LogP contribution in [0.2, 0.25) is 5.02 Å². The molecule has 0 amide bonds. The van der Waals surface area contributed by atoms with E-state index in [0.29, 0.717) is 11.4 Å². The molecule has 0 aliphatic heterocycles. The second kappa shape index (κ2) is 6.21. The predicted molar refractivity (Wildman–Crippen MR) is 84.6 cm³/mol. The van der Waals surface area contributed by atoms with Crippen LogP contribution in [0.25, 0.3) is 0 Å². The van der Waals surface area contributed by atoms with Gasteiger partial charge in [0.1, 0.15) is 0 Å². The van der Waals surface area contributed by atoms with Crippen LogP contribution < -0.4 is 4.72 Å². The molecule has 1 aromatic carbocycles. The van der Waals surface area contributed by atoms with Gasteiger partial charge >= 0.3 is 0 Å². The predicted octanol–water partition coefficient (Wildman–Crippen LogP) is 4.18. The van der Waals surface area contributed by atoms with Crippen LogP contribution in [-0.2, 0) is 16.5 Å². The highest BCUT2D eigenvalue weighted by atomic mass is 35.5. The summed E-state index contributed by atoms with van der Waals surface area (Å²) < 4.78 is 15.3. The molecule has 1 rings (SSSR count). The van der Waals surface area contributed by atoms with Gasteiger partial charge in [0.2, 0.25) is 0 Å². The normalized spacial score (nSPS) is 16.7. The van der Waals surface area contributed by atoms with E-state index >= 15 is 0 Å². The average molecular weight is 300 g/mol. The third-order valence-electron chi connectivity index (χ3n) is 2.91. The summed E-state index contributed by atoms with van der Waals surface area (Å²) in [7, 11) is -1.14. The van der Waals surface area contributed by atoms with Crippen LogP contribution in [0.4, 0.5) is 0 Å². The smallest absolute Gasteiger partial charge is 0.0978 e. The molecule has 0 saturated heterocycles. The van der Waals surface area contributed by atoms with Crippen molar-refractivity contribution in [1.29, 1.82) is 0 Å². The third-order valence-corrected chi connectivity index (χ3v) is 4.91. The van der Waals surface area contributed by atoms with Crippen molar-refractivity contribution in [3.63, 3.8) is 0 Å². The van der Waals surface area contributed by atoms with Crippen molar-refractivity contribution >= 4 is 22.6 Å². The number of hydrogen-bond acceptors (Lipinski definition) is 1. The first kappa shape index (κ1) is 16.4. The summed E-state index contributed by atoms with van der Waals surface area (Å²) in [5.74, 6) is 0. The zero-order valence-electron chi connectivity index (χ0n) is 12.0. The van der Waals surface area contributed by atoms with Gasteiger partial charge in [-0.25, -0.2) is 8.93 Å². The second-order valence-corrected chi connectivity index (χ2v) is 8.22. The summed E-state index contributed by atoms with van der Waals surface area (Å²) in [4.78, 5) is 0. The van der Waals surface area contributed by atoms with Crippen LogP contribution in [0.1, 0.15) is 39.7 Å². The van der Waals surface area contributed by atoms with Gasteiger partial charge in [-0.3, -0.25) is 0 Å². The van der Waals surface area contributed by atoms with Crippen LogP contribution >= 0.6 is 11.6 Å². The molecule has 19 heavy (non-hydrogen) atoms. The Balaban J connectivity index is 3.06. The van der Waals surface area contributed by atoms with Gasteiger partial charge in [-0.1, -0.05) is 29.8 Å². The quantitative estimate of drug-likeness (QED) is 0.812. The molecule has 0 bridgehead atoms. The number of rotatable bonds is 5. The minimum atomic E-state index is -1.14. The van der Waals surface area contributed by atoms with Gasteiger partial charge in [-0.05, 0) is 51.8 Å². The maximum atomic E-state index is 12.3. The number of halogens is 1. The van der Waals surface area contributed by atoms with Crippen molar-refractivity contribution in [2.75, 3.05) is 0 Å². The lowest BCUT2D eigenvalue weighted by Crippen LogP contribution is -2.45. The maximum absolute atomic E-state index is 12.3. The van der Waals surface area contributed by atoms with E-state index in [9.17, 15) is 4.21 Å². The van der Waals surface area contributed by atoms with E-state index in [1.165, 1.54) is 0 Å². The molecular weight excluding hydrogens is 278 g/mol. The highest BCUT2D eigenvalue weighted by Crippen LogP contribution is 2.28. The van der Waals surface area contributed by atoms with Crippen LogP contribution in [-0.4, -0.2) is 8.96 Å². The summed E-state index contributed by atoms with van der Waals surface area (Å²) in [5.41, 5.74) is 0.638. The zero-order chi connectivity index (χ0) is 14.7. The summed E-state index contributed by atoms with van der Waals surface area (Å²) in [5, 5.41) is 0.696. The molecule has 0 radical (unpaired) electrons. The first-order valence-corrected chi connectivity index (χ1v) is 7.78. The van der Waals surface area contributed by atoms with Gasteiger partial charge in [0.15, 0.2) is 0 Å². The fraction of sp³-hybridized carbons (Fsp3) is 0.467. The van der Waals surface area contributed by atoms with E-state index in [1.807, 2.05) is 58.0 Å². The Morgan fingerprint density at radius 1 is 1.26 bits per heavy atom. The fourth-order valence-electron chi connectivity index (χ4n) is 1.68. The second-order valence-electron chi connectivity index (χ2n) is 5.81. The summed E-state index contributed by atoms with van der Waals surface area (Å²) >= 11 is 5.92. The molecule has 0 aromatic heterocycles. The van der Waals surface area contributed by atoms with Crippen LogP contribution in [0.15, 0.2) is 36.9 Å². The Kier molecular flexibility index (Phi) is 5.36. The van der Waals surface area contributed by atoms with Crippen LogP contribution in [0.5, 0.6) is 0 Å². The standard InChI is InChI=1S/C15H22ClNOS/c1-6-11-15(5,17-19(18)14(2,3)4)12-7-9-13(16)10-8-12/h6-10,17H,1,11H2,2-5H3. The molecule has 0 aliphatic rings. The van der Waals surface area contributed by atoms with Gasteiger partial charge in [0, 0.05) is 5.02 Å². The Hall–Kier alpha value is -0.640. The molecule has 0 spiro atoms. The SMILES string of the molecule is C=CCC(C)(NS(=O)C(C)(C)C)c1ccc(Cl)cc1. The molecular formula is C15H22ClNOS. The van der Waals surface area contributed by atoms with Crippen molar-refractivity contribution in [2.45, 2.75) is 44.4 Å². The molecule has 0 aliphatic carbocycles. The summed E-state index contributed by atoms with van der Waals surface area (Å²) in [6.07, 6.45) is 2.53. The number of hydrogen-bond donors (Lipinski definition) is 1. The minimum absolute atomic E-state index is 0.311. The van der Waals surface area contributed by atoms with Gasteiger partial charge < -0.3 is 0 Å². The Morgan fingerprint density at radius 3 is 2.21 bits per heavy atom. The molecule has 0 fully saturated rings. The molecule has 2 nitrogen and oxygen atoms in total. The zero-order valence-corrected chi connectivity index (χ0v) is 13.6. The van der Waals surface area contributed by atoms with Crippen LogP contribution in [0, 0.1) is 0 Å². The summed E-state index contributed by atoms with van der Waals surface area (Å²) in [6.45, 7) is 11.7. The van der Waals surface area contributed by atoms with E-state index in [-0.39, 0.29) is 4.75 Å². The topological polar surface area (TPSA) is 29.1 Å². The molecule has 4 heteroatoms. The summed E-state index contributed by atoms with van der Waals surface area (Å²) in [6, 6.07) is 7.61. The minimum Gasteiger partial charge on any atom is -0.242 e. The molecule has 2 atom stereocenters. The van der Waals surface area contributed by atoms with Crippen molar-refractivity contribution in [2.24, 2.45) is 0 Å². The van der Waals surface area contributed by atoms with E-state index in [1.54, 1.807) is 0 Å². The van der Waals surface area contributed by atoms with Gasteiger partial charge in [0.25, 0.3) is 0 Å². The van der Waals surface area contributed by atoms with Gasteiger partial charge in [0.05, 0.1) is 21.3 Å². The van der Waals surface area contributed by atoms with E-state index in [2.05, 4.69) is 11.3 Å². The number of benzene rings is 1. The van der Waals surface area contributed by atoms with E-state index < -0.39 is 16.5 Å². The van der Waals surface area contributed by atoms with Crippen LogP contribution in [0.3, 0.4) is 0 Å². The van der Waals surface area contributed by atoms with E-state index in [0.717, 1.165) is 5.56 Å². The van der Waals surface area contributed by atoms with Gasteiger partial charge in [-0.2, -0.15) is 0 Å². The largest absolute Gasteiger partial charge is 0.242 e. The van der Waals surface area contributed by atoms with Gasteiger partial charge in [-0.15, -0.1) is 6.58 Å². The molecule has 0 saturated carbocycles. The fourth-order valence-corrected chi connectivity index (χ4v) is 2.73. The first-order chi connectivity index (χ1) is 8.69. The van der Waals surface area contributed by atoms with Crippen molar-refractivity contribution in [1.82, 2.24) is 4.72 Å². The first-order valence-electron chi connectivity index (χ1n) is 6.26. The number of nitrogens with one attached hydrogen (secondary N) is 1.